The van der Waals surface area contributed by atoms with Gasteiger partial charge in [-0.25, -0.2) is 0 Å². The molecule has 0 aliphatic heterocycles. The van der Waals surface area contributed by atoms with E-state index in [0.29, 0.717) is 18.4 Å². The number of benzene rings is 3. The van der Waals surface area contributed by atoms with Crippen LogP contribution in [0.2, 0.25) is 0 Å². The molecule has 3 unspecified atom stereocenters. The monoisotopic (exact) mass is 941 g/mol. The predicted molar refractivity (Wildman–Crippen MR) is 297 cm³/mol. The van der Waals surface area contributed by atoms with Crippen molar-refractivity contribution in [1.82, 2.24) is 0 Å². The van der Waals surface area contributed by atoms with Crippen LogP contribution in [-0.2, 0) is 25.3 Å². The molecule has 67 heavy (non-hydrogen) atoms. The molecule has 1 aliphatic rings. The normalized spacial score (nSPS) is 17.8. The summed E-state index contributed by atoms with van der Waals surface area (Å²) in [6.07, 6.45) is 24.1. The molecule has 3 nitrogen and oxygen atoms in total. The molecule has 0 radical (unpaired) electrons. The van der Waals surface area contributed by atoms with Gasteiger partial charge in [0, 0.05) is 0 Å². The fraction of sp³-hybridized carbons (Fsp3) is 0.714. The van der Waals surface area contributed by atoms with Crippen LogP contribution in [0, 0.1) is 44.4 Å². The number of unbranched alkanes of at least 4 members (excludes halogenated alkanes) is 11. The van der Waals surface area contributed by atoms with Gasteiger partial charge >= 0.3 is 390 Å². The molecule has 380 valence electrons. The van der Waals surface area contributed by atoms with E-state index in [1.54, 1.807) is 0 Å². The maximum atomic E-state index is 8.59. The van der Waals surface area contributed by atoms with Crippen LogP contribution in [0.4, 0.5) is 0 Å². The van der Waals surface area contributed by atoms with Crippen LogP contribution in [0.25, 0.3) is 0 Å². The third kappa shape index (κ3) is 15.9. The van der Waals surface area contributed by atoms with Crippen molar-refractivity contribution < 1.29 is 13.6 Å². The molecular formula is C63H105O3P. The Bertz CT molecular complexity index is 1870. The zero-order valence-electron chi connectivity index (χ0n) is 46.9. The summed E-state index contributed by atoms with van der Waals surface area (Å²) in [5.74, 6) is 3.60. The van der Waals surface area contributed by atoms with Crippen molar-refractivity contribution in [3.05, 3.63) is 88.0 Å². The topological polar surface area (TPSA) is 27.7 Å². The van der Waals surface area contributed by atoms with Crippen LogP contribution in [0.1, 0.15) is 252 Å². The first-order chi connectivity index (χ1) is 31.4. The number of hydrogen-bond acceptors (Lipinski definition) is 3. The van der Waals surface area contributed by atoms with Gasteiger partial charge in [0.15, 0.2) is 0 Å². The Morgan fingerprint density at radius 1 is 0.522 bits per heavy atom. The summed E-state index contributed by atoms with van der Waals surface area (Å²) in [6.45, 7) is 40.2. The SMILES string of the molecule is CCCC1C(CCCCCCCC(C)C)CC1OP(OCCCCCCCCCCC(C)C)(Oc1cc(C)ccc1C(C)(C)C)(c1cc(C)ccc1C(C)(C)C)c1cc(C)ccc1C(C)(C)C. The Morgan fingerprint density at radius 3 is 1.39 bits per heavy atom. The molecule has 0 amide bonds. The van der Waals surface area contributed by atoms with Gasteiger partial charge in [0.25, 0.3) is 0 Å². The molecular weight excluding hydrogens is 836 g/mol. The first kappa shape index (κ1) is 57.4. The second kappa shape index (κ2) is 25.3. The third-order valence-corrected chi connectivity index (χ3v) is 19.1. The molecule has 1 aliphatic carbocycles. The molecule has 0 N–H and O–H groups in total. The summed E-state index contributed by atoms with van der Waals surface area (Å²) in [4.78, 5) is 0. The second-order valence-corrected chi connectivity index (χ2v) is 28.8. The van der Waals surface area contributed by atoms with E-state index >= 15 is 0 Å². The fourth-order valence-electron chi connectivity index (χ4n) is 10.9. The molecule has 0 spiro atoms. The van der Waals surface area contributed by atoms with E-state index in [9.17, 15) is 0 Å². The Hall–Kier alpha value is -2.19. The molecule has 4 heteroatoms. The third-order valence-electron chi connectivity index (χ3n) is 14.9. The van der Waals surface area contributed by atoms with E-state index in [0.717, 1.165) is 60.3 Å². The Morgan fingerprint density at radius 2 is 0.940 bits per heavy atom. The maximum absolute atomic E-state index is 8.59. The minimum atomic E-state index is -4.70. The summed E-state index contributed by atoms with van der Waals surface area (Å²) in [5, 5.41) is 2.25. The summed E-state index contributed by atoms with van der Waals surface area (Å²) in [6, 6.07) is 21.1. The molecule has 3 aromatic carbocycles. The second-order valence-electron chi connectivity index (χ2n) is 25.4. The van der Waals surface area contributed by atoms with Gasteiger partial charge in [0.05, 0.1) is 0 Å². The minimum absolute atomic E-state index is 0.00825. The molecule has 4 rings (SSSR count). The van der Waals surface area contributed by atoms with Crippen molar-refractivity contribution in [2.75, 3.05) is 6.61 Å². The van der Waals surface area contributed by atoms with Crippen LogP contribution >= 0.6 is 7.28 Å². The molecule has 0 saturated heterocycles. The van der Waals surface area contributed by atoms with E-state index in [1.165, 1.54) is 123 Å². The Balaban J connectivity index is 1.99. The quantitative estimate of drug-likeness (QED) is 0.0536. The van der Waals surface area contributed by atoms with Crippen molar-refractivity contribution in [2.45, 2.75) is 262 Å². The van der Waals surface area contributed by atoms with Gasteiger partial charge in [0.2, 0.25) is 0 Å². The summed E-state index contributed by atoms with van der Waals surface area (Å²) >= 11 is 0. The van der Waals surface area contributed by atoms with Crippen molar-refractivity contribution >= 4 is 17.9 Å². The number of hydrogen-bond donors (Lipinski definition) is 0. The van der Waals surface area contributed by atoms with Crippen LogP contribution in [0.3, 0.4) is 0 Å². The van der Waals surface area contributed by atoms with E-state index in [2.05, 4.69) is 172 Å². The Labute approximate surface area is 415 Å². The predicted octanol–water partition coefficient (Wildman–Crippen LogP) is 19.2. The van der Waals surface area contributed by atoms with Crippen molar-refractivity contribution in [1.29, 1.82) is 0 Å². The molecule has 3 aromatic rings. The van der Waals surface area contributed by atoms with Gasteiger partial charge in [0.1, 0.15) is 0 Å². The molecule has 0 aromatic heterocycles. The Kier molecular flexibility index (Phi) is 21.6. The average Bonchev–Trinajstić information content (AvgIpc) is 3.22. The average molecular weight is 942 g/mol. The van der Waals surface area contributed by atoms with Crippen LogP contribution in [0.15, 0.2) is 54.6 Å². The van der Waals surface area contributed by atoms with Gasteiger partial charge in [-0.05, 0) is 0 Å². The zero-order chi connectivity index (χ0) is 49.7. The van der Waals surface area contributed by atoms with Crippen molar-refractivity contribution in [3.8, 4) is 5.75 Å². The summed E-state index contributed by atoms with van der Waals surface area (Å²) < 4.78 is 25.3. The molecule has 0 heterocycles. The molecule has 1 fully saturated rings. The van der Waals surface area contributed by atoms with E-state index in [-0.39, 0.29) is 22.3 Å². The standard InChI is InChI=1S/C63H105O3P/c1-18-32-53-52(35-30-26-23-25-29-34-48(4)5)46-57(53)65-67(59-44-50(7)37-40-55(59)62(12,13)14,60-45-51(8)38-41-56(60)63(15,16)17,66-58-43-49(6)36-39-54(58)61(9,10)11)64-42-31-27-22-20-19-21-24-28-33-47(2)3/h36-41,43-45,47-48,52-53,57H,18-35,42,46H2,1-17H3. The molecule has 0 bridgehead atoms. The van der Waals surface area contributed by atoms with Gasteiger partial charge in [-0.3, -0.25) is 0 Å². The van der Waals surface area contributed by atoms with Gasteiger partial charge in [-0.15, -0.1) is 0 Å². The van der Waals surface area contributed by atoms with Crippen molar-refractivity contribution in [2.24, 2.45) is 23.7 Å². The molecule has 1 saturated carbocycles. The summed E-state index contributed by atoms with van der Waals surface area (Å²) in [5.41, 5.74) is 6.66. The van der Waals surface area contributed by atoms with E-state index < -0.39 is 7.28 Å². The van der Waals surface area contributed by atoms with E-state index in [1.807, 2.05) is 0 Å². The van der Waals surface area contributed by atoms with Crippen LogP contribution < -0.4 is 15.1 Å². The summed E-state index contributed by atoms with van der Waals surface area (Å²) in [7, 11) is -4.70. The van der Waals surface area contributed by atoms with Gasteiger partial charge in [-0.2, -0.15) is 0 Å². The van der Waals surface area contributed by atoms with Crippen LogP contribution in [0.5, 0.6) is 5.75 Å². The molecule has 3 atom stereocenters. The zero-order valence-corrected chi connectivity index (χ0v) is 47.8. The van der Waals surface area contributed by atoms with Gasteiger partial charge < -0.3 is 0 Å². The van der Waals surface area contributed by atoms with E-state index in [4.69, 9.17) is 13.6 Å². The van der Waals surface area contributed by atoms with Gasteiger partial charge in [-0.1, -0.05) is 27.7 Å². The fourth-order valence-corrected chi connectivity index (χ4v) is 16.2. The first-order valence-corrected chi connectivity index (χ1v) is 29.8. The first-order valence-electron chi connectivity index (χ1n) is 27.8. The van der Waals surface area contributed by atoms with Crippen LogP contribution in [-0.4, -0.2) is 12.7 Å². The number of aryl methyl sites for hydroxylation is 3. The van der Waals surface area contributed by atoms with Crippen molar-refractivity contribution in [3.63, 3.8) is 0 Å². The number of rotatable bonds is 28.